The van der Waals surface area contributed by atoms with Gasteiger partial charge in [-0.3, -0.25) is 0 Å². The number of hydrogen-bond donors (Lipinski definition) is 0. The van der Waals surface area contributed by atoms with Crippen molar-refractivity contribution in [2.75, 3.05) is 0 Å². The maximum absolute atomic E-state index is 2.41. The van der Waals surface area contributed by atoms with Gasteiger partial charge in [0.25, 0.3) is 0 Å². The third kappa shape index (κ3) is 9.14. The van der Waals surface area contributed by atoms with Crippen molar-refractivity contribution >= 4 is 109 Å². The highest BCUT2D eigenvalue weighted by molar-refractivity contribution is 6.15. The van der Waals surface area contributed by atoms with Crippen LogP contribution in [-0.2, 0) is 0 Å². The Bertz CT molecular complexity index is 6420. The Labute approximate surface area is 554 Å². The maximum atomic E-state index is 2.41. The average molecular weight is 1220 g/mol. The van der Waals surface area contributed by atoms with Crippen LogP contribution >= 0.6 is 0 Å². The summed E-state index contributed by atoms with van der Waals surface area (Å²) in [5.74, 6) is 0. The number of nitrogens with zero attached hydrogens (tertiary/aromatic N) is 4. The molecule has 0 amide bonds. The zero-order valence-corrected chi connectivity index (χ0v) is 52.4. The van der Waals surface area contributed by atoms with Gasteiger partial charge in [-0.15, -0.1) is 0 Å². The topological polar surface area (TPSA) is 19.7 Å². The lowest BCUT2D eigenvalue weighted by molar-refractivity contribution is 1.18. The van der Waals surface area contributed by atoms with E-state index in [1.807, 2.05) is 0 Å². The van der Waals surface area contributed by atoms with Crippen LogP contribution in [0.4, 0.5) is 0 Å². The molecular formula is C92H60N4. The van der Waals surface area contributed by atoms with Crippen LogP contribution in [0.2, 0.25) is 0 Å². The molecule has 4 heteroatoms. The molecule has 0 spiro atoms. The third-order valence-corrected chi connectivity index (χ3v) is 19.8. The van der Waals surface area contributed by atoms with E-state index in [4.69, 9.17) is 0 Å². The van der Waals surface area contributed by atoms with Gasteiger partial charge in [0, 0.05) is 65.8 Å². The minimum absolute atomic E-state index is 1.16. The molecule has 0 saturated heterocycles. The van der Waals surface area contributed by atoms with Crippen molar-refractivity contribution in [2.45, 2.75) is 0 Å². The monoisotopic (exact) mass is 1220 g/mol. The van der Waals surface area contributed by atoms with E-state index >= 15 is 0 Å². The van der Waals surface area contributed by atoms with Gasteiger partial charge in [-0.1, -0.05) is 237 Å². The van der Waals surface area contributed by atoms with Crippen molar-refractivity contribution < 1.29 is 0 Å². The van der Waals surface area contributed by atoms with Gasteiger partial charge in [0.2, 0.25) is 0 Å². The van der Waals surface area contributed by atoms with Gasteiger partial charge in [0.05, 0.1) is 44.1 Å². The summed E-state index contributed by atoms with van der Waals surface area (Å²) in [4.78, 5) is 0. The quantitative estimate of drug-likeness (QED) is 0.144. The van der Waals surface area contributed by atoms with E-state index in [0.717, 1.165) is 5.69 Å². The zero-order valence-electron chi connectivity index (χ0n) is 52.4. The Kier molecular flexibility index (Phi) is 12.9. The number of aromatic nitrogens is 4. The molecular weight excluding hydrogens is 1160 g/mol. The van der Waals surface area contributed by atoms with Gasteiger partial charge in [0.15, 0.2) is 0 Å². The van der Waals surface area contributed by atoms with Gasteiger partial charge in [-0.2, -0.15) is 0 Å². The number of rotatable bonds is 8. The Morgan fingerprint density at radius 2 is 0.375 bits per heavy atom. The van der Waals surface area contributed by atoms with Crippen molar-refractivity contribution in [3.05, 3.63) is 364 Å². The van der Waals surface area contributed by atoms with E-state index in [2.05, 4.69) is 382 Å². The summed E-state index contributed by atoms with van der Waals surface area (Å²) in [7, 11) is 0. The third-order valence-electron chi connectivity index (χ3n) is 19.8. The van der Waals surface area contributed by atoms with Gasteiger partial charge < -0.3 is 18.3 Å². The number of benzene rings is 16. The summed E-state index contributed by atoms with van der Waals surface area (Å²) in [5, 5.41) is 15.1. The molecule has 0 aliphatic carbocycles. The lowest BCUT2D eigenvalue weighted by Gasteiger charge is -2.11. The van der Waals surface area contributed by atoms with Crippen molar-refractivity contribution in [2.24, 2.45) is 0 Å². The Hall–Kier alpha value is -12.8. The van der Waals surface area contributed by atoms with Crippen LogP contribution in [0.1, 0.15) is 0 Å². The zero-order chi connectivity index (χ0) is 63.2. The highest BCUT2D eigenvalue weighted by Crippen LogP contribution is 2.42. The second-order valence-electron chi connectivity index (χ2n) is 25.2. The van der Waals surface area contributed by atoms with Crippen LogP contribution in [0, 0.1) is 0 Å². The molecule has 4 heterocycles. The molecule has 4 aromatic heterocycles. The molecule has 0 saturated carbocycles. The molecule has 0 unspecified atom stereocenters. The first-order valence-electron chi connectivity index (χ1n) is 33.0. The minimum atomic E-state index is 1.16. The normalized spacial score (nSPS) is 11.8. The smallest absolute Gasteiger partial charge is 0.0541 e. The summed E-state index contributed by atoms with van der Waals surface area (Å²) in [6.07, 6.45) is 0. The fraction of sp³-hybridized carbons (Fsp3) is 0. The highest BCUT2D eigenvalue weighted by atomic mass is 15.0. The van der Waals surface area contributed by atoms with Crippen LogP contribution in [0.3, 0.4) is 0 Å². The van der Waals surface area contributed by atoms with Crippen LogP contribution in [0.25, 0.3) is 176 Å². The largest absolute Gasteiger partial charge is 0.309 e. The van der Waals surface area contributed by atoms with E-state index in [0.29, 0.717) is 0 Å². The summed E-state index contributed by atoms with van der Waals surface area (Å²) in [5.41, 5.74) is 24.2. The van der Waals surface area contributed by atoms with Crippen molar-refractivity contribution in [3.63, 3.8) is 0 Å². The molecule has 0 bridgehead atoms. The van der Waals surface area contributed by atoms with E-state index in [9.17, 15) is 0 Å². The second kappa shape index (κ2) is 22.5. The van der Waals surface area contributed by atoms with Crippen LogP contribution in [-0.4, -0.2) is 18.3 Å². The van der Waals surface area contributed by atoms with E-state index in [1.54, 1.807) is 0 Å². The standard InChI is InChI=1S/2C46H30N2/c1-3-11-31(12-4-1)32-19-20-34-28-38(24-21-33(34)27-32)48-44-18-10-8-16-40(44)42-30-36(23-26-46(42)48)35-22-25-45-41(29-35)39-15-7-9-17-43(39)47(45)37-13-5-2-6-14-37;1-2-10-31(11-3-1)33-18-23-37(24-19-33)47-43-16-8-6-14-39(43)41-29-35(21-26-45(41)47)36-22-27-46-42(30-36)40-15-7-9-17-44(40)48(46)38-25-20-32-12-4-5-13-34(32)28-38/h2*1-30H. The summed E-state index contributed by atoms with van der Waals surface area (Å²) >= 11 is 0. The molecule has 20 rings (SSSR count). The van der Waals surface area contributed by atoms with Crippen LogP contribution in [0.15, 0.2) is 364 Å². The summed E-state index contributed by atoms with van der Waals surface area (Å²) < 4.78 is 9.58. The molecule has 20 aromatic rings. The first-order chi connectivity index (χ1) is 47.6. The number of fused-ring (bicyclic) bond motifs is 14. The van der Waals surface area contributed by atoms with Crippen LogP contribution < -0.4 is 0 Å². The van der Waals surface area contributed by atoms with E-state index in [-0.39, 0.29) is 0 Å². The van der Waals surface area contributed by atoms with Crippen LogP contribution in [0.5, 0.6) is 0 Å². The number of hydrogen-bond acceptors (Lipinski definition) is 0. The molecule has 4 nitrogen and oxygen atoms in total. The average Bonchev–Trinajstić information content (AvgIpc) is 1.60. The summed E-state index contributed by atoms with van der Waals surface area (Å²) in [6.45, 7) is 0. The second-order valence-corrected chi connectivity index (χ2v) is 25.2. The van der Waals surface area contributed by atoms with E-state index < -0.39 is 0 Å². The fourth-order valence-corrected chi connectivity index (χ4v) is 15.2. The molecule has 0 atom stereocenters. The van der Waals surface area contributed by atoms with Gasteiger partial charge >= 0.3 is 0 Å². The predicted molar refractivity (Wildman–Crippen MR) is 407 cm³/mol. The summed E-state index contributed by atoms with van der Waals surface area (Å²) in [6, 6.07) is 132. The number of para-hydroxylation sites is 5. The Morgan fingerprint density at radius 3 is 0.812 bits per heavy atom. The molecule has 448 valence electrons. The lowest BCUT2D eigenvalue weighted by atomic mass is 10.0. The minimum Gasteiger partial charge on any atom is -0.309 e. The van der Waals surface area contributed by atoms with Crippen molar-refractivity contribution in [1.82, 2.24) is 18.3 Å². The molecule has 96 heavy (non-hydrogen) atoms. The molecule has 0 aliphatic heterocycles. The predicted octanol–water partition coefficient (Wildman–Crippen LogP) is 24.7. The molecule has 0 radical (unpaired) electrons. The van der Waals surface area contributed by atoms with Gasteiger partial charge in [0.1, 0.15) is 0 Å². The first kappa shape index (κ1) is 54.9. The Morgan fingerprint density at radius 1 is 0.125 bits per heavy atom. The lowest BCUT2D eigenvalue weighted by Crippen LogP contribution is -1.94. The van der Waals surface area contributed by atoms with Gasteiger partial charge in [-0.25, -0.2) is 0 Å². The first-order valence-corrected chi connectivity index (χ1v) is 33.0. The SMILES string of the molecule is c1ccc(-c2ccc(-n3c4ccccc4c4cc(-c5ccc6c(c5)c5ccccc5n6-c5ccc6ccccc6c5)ccc43)cc2)cc1.c1ccc(-c2ccc3cc(-n4c5ccccc5c5cc(-c6ccc7c(c6)c6ccccc6n7-c6ccccc6)ccc54)ccc3c2)cc1. The highest BCUT2D eigenvalue weighted by Gasteiger charge is 2.20. The van der Waals surface area contributed by atoms with Crippen molar-refractivity contribution in [3.8, 4) is 67.3 Å². The maximum Gasteiger partial charge on any atom is 0.0541 e. The fourth-order valence-electron chi connectivity index (χ4n) is 15.2. The molecule has 0 N–H and O–H groups in total. The van der Waals surface area contributed by atoms with Gasteiger partial charge in [-0.05, 0) is 193 Å². The molecule has 0 aliphatic rings. The molecule has 16 aromatic carbocycles. The Balaban J connectivity index is 0.000000135. The molecule has 0 fully saturated rings. The van der Waals surface area contributed by atoms with Crippen molar-refractivity contribution in [1.29, 1.82) is 0 Å². The van der Waals surface area contributed by atoms with E-state index in [1.165, 1.54) is 170 Å².